The first kappa shape index (κ1) is 14.7. The van der Waals surface area contributed by atoms with Crippen molar-refractivity contribution in [2.24, 2.45) is 0 Å². The van der Waals surface area contributed by atoms with Gasteiger partial charge in [-0.05, 0) is 13.0 Å². The molecule has 1 aliphatic rings. The highest BCUT2D eigenvalue weighted by Gasteiger charge is 2.19. The number of anilines is 1. The van der Waals surface area contributed by atoms with Crippen molar-refractivity contribution in [3.63, 3.8) is 0 Å². The molecule has 0 radical (unpaired) electrons. The first-order valence-corrected chi connectivity index (χ1v) is 7.75. The molecule has 1 saturated heterocycles. The monoisotopic (exact) mass is 284 g/mol. The van der Waals surface area contributed by atoms with Crippen LogP contribution in [0, 0.1) is 0 Å². The molecule has 19 heavy (non-hydrogen) atoms. The zero-order valence-corrected chi connectivity index (χ0v) is 12.9. The number of aromatic nitrogens is 2. The Kier molecular flexibility index (Phi) is 5.13. The van der Waals surface area contributed by atoms with Crippen LogP contribution in [0.3, 0.4) is 0 Å². The van der Waals surface area contributed by atoms with Crippen LogP contribution in [-0.2, 0) is 10.2 Å². The molecular weight excluding hydrogens is 260 g/mol. The van der Waals surface area contributed by atoms with Crippen LogP contribution in [0.4, 0.5) is 5.13 Å². The molecule has 0 aliphatic carbocycles. The Balaban J connectivity index is 1.66. The van der Waals surface area contributed by atoms with Gasteiger partial charge in [0.05, 0.1) is 13.2 Å². The lowest BCUT2D eigenvalue weighted by Crippen LogP contribution is -2.37. The van der Waals surface area contributed by atoms with Crippen molar-refractivity contribution < 1.29 is 4.74 Å². The fourth-order valence-electron chi connectivity index (χ4n) is 1.92. The zero-order chi connectivity index (χ0) is 13.7. The fraction of sp³-hybridized carbons (Fsp3) is 0.846. The van der Waals surface area contributed by atoms with Gasteiger partial charge in [0.2, 0.25) is 5.13 Å². The smallest absolute Gasteiger partial charge is 0.205 e. The van der Waals surface area contributed by atoms with Crippen molar-refractivity contribution >= 4 is 16.5 Å². The summed E-state index contributed by atoms with van der Waals surface area (Å²) in [5, 5.41) is 13.8. The first-order chi connectivity index (χ1) is 9.05. The van der Waals surface area contributed by atoms with E-state index in [2.05, 4.69) is 41.2 Å². The molecule has 0 amide bonds. The maximum atomic E-state index is 5.34. The molecule has 6 heteroatoms. The minimum Gasteiger partial charge on any atom is -0.379 e. The quantitative estimate of drug-likeness (QED) is 0.838. The van der Waals surface area contributed by atoms with Gasteiger partial charge in [-0.3, -0.25) is 4.90 Å². The van der Waals surface area contributed by atoms with Crippen LogP contribution in [0.1, 0.15) is 32.2 Å². The van der Waals surface area contributed by atoms with E-state index in [9.17, 15) is 0 Å². The Bertz CT molecular complexity index is 382. The molecule has 1 aromatic rings. The van der Waals surface area contributed by atoms with Crippen LogP contribution in [0.5, 0.6) is 0 Å². The van der Waals surface area contributed by atoms with Crippen molar-refractivity contribution in [3.05, 3.63) is 5.01 Å². The number of hydrogen-bond donors (Lipinski definition) is 1. The average Bonchev–Trinajstić information content (AvgIpc) is 2.85. The number of morpholine rings is 1. The van der Waals surface area contributed by atoms with Crippen molar-refractivity contribution in [1.29, 1.82) is 0 Å². The van der Waals surface area contributed by atoms with E-state index in [0.717, 1.165) is 56.0 Å². The predicted octanol–water partition coefficient (Wildman–Crippen LogP) is 1.97. The lowest BCUT2D eigenvalue weighted by molar-refractivity contribution is 0.0378. The molecule has 0 atom stereocenters. The molecule has 5 nitrogen and oxygen atoms in total. The van der Waals surface area contributed by atoms with Gasteiger partial charge in [0.25, 0.3) is 0 Å². The van der Waals surface area contributed by atoms with Crippen LogP contribution in [0.25, 0.3) is 0 Å². The topological polar surface area (TPSA) is 50.3 Å². The van der Waals surface area contributed by atoms with Crippen LogP contribution in [0.15, 0.2) is 0 Å². The average molecular weight is 284 g/mol. The Morgan fingerprint density at radius 3 is 2.63 bits per heavy atom. The summed E-state index contributed by atoms with van der Waals surface area (Å²) in [6.45, 7) is 12.4. The summed E-state index contributed by atoms with van der Waals surface area (Å²) < 4.78 is 5.34. The summed E-state index contributed by atoms with van der Waals surface area (Å²) in [5.41, 5.74) is 0.0887. The largest absolute Gasteiger partial charge is 0.379 e. The Morgan fingerprint density at radius 1 is 1.26 bits per heavy atom. The van der Waals surface area contributed by atoms with Crippen LogP contribution in [0.2, 0.25) is 0 Å². The van der Waals surface area contributed by atoms with Gasteiger partial charge in [-0.1, -0.05) is 32.1 Å². The highest BCUT2D eigenvalue weighted by molar-refractivity contribution is 7.15. The van der Waals surface area contributed by atoms with E-state index in [0.29, 0.717) is 0 Å². The van der Waals surface area contributed by atoms with Crippen molar-refractivity contribution in [2.75, 3.05) is 44.7 Å². The summed E-state index contributed by atoms with van der Waals surface area (Å²) in [4.78, 5) is 2.45. The molecule has 0 saturated carbocycles. The van der Waals surface area contributed by atoms with Gasteiger partial charge in [0.1, 0.15) is 5.01 Å². The summed E-state index contributed by atoms with van der Waals surface area (Å²) in [6.07, 6.45) is 1.13. The molecule has 1 fully saturated rings. The third kappa shape index (κ3) is 4.71. The highest BCUT2D eigenvalue weighted by atomic mass is 32.1. The molecule has 1 N–H and O–H groups in total. The fourth-order valence-corrected chi connectivity index (χ4v) is 2.75. The van der Waals surface area contributed by atoms with E-state index in [4.69, 9.17) is 4.74 Å². The molecule has 2 heterocycles. The first-order valence-electron chi connectivity index (χ1n) is 6.94. The maximum absolute atomic E-state index is 5.34. The summed E-state index contributed by atoms with van der Waals surface area (Å²) in [5.74, 6) is 0. The Hall–Kier alpha value is -0.720. The van der Waals surface area contributed by atoms with Gasteiger partial charge >= 0.3 is 0 Å². The second-order valence-electron chi connectivity index (χ2n) is 5.90. The molecule has 1 aliphatic heterocycles. The lowest BCUT2D eigenvalue weighted by atomic mass is 9.98. The summed E-state index contributed by atoms with van der Waals surface area (Å²) >= 11 is 1.66. The molecule has 108 valence electrons. The van der Waals surface area contributed by atoms with Crippen LogP contribution >= 0.6 is 11.3 Å². The second kappa shape index (κ2) is 6.63. The van der Waals surface area contributed by atoms with Gasteiger partial charge in [0, 0.05) is 25.0 Å². The normalized spacial score (nSPS) is 17.6. The number of nitrogens with zero attached hydrogens (tertiary/aromatic N) is 3. The Labute approximate surface area is 119 Å². The second-order valence-corrected chi connectivity index (χ2v) is 6.87. The highest BCUT2D eigenvalue weighted by Crippen LogP contribution is 2.27. The zero-order valence-electron chi connectivity index (χ0n) is 12.1. The number of hydrogen-bond acceptors (Lipinski definition) is 6. The SMILES string of the molecule is CC(C)(C)c1nnc(NCCCN2CCOCC2)s1. The van der Waals surface area contributed by atoms with E-state index < -0.39 is 0 Å². The molecule has 0 unspecified atom stereocenters. The number of rotatable bonds is 5. The van der Waals surface area contributed by atoms with Crippen molar-refractivity contribution in [2.45, 2.75) is 32.6 Å². The maximum Gasteiger partial charge on any atom is 0.205 e. The molecule has 0 bridgehead atoms. The van der Waals surface area contributed by atoms with E-state index in [1.807, 2.05) is 0 Å². The van der Waals surface area contributed by atoms with Crippen molar-refractivity contribution in [1.82, 2.24) is 15.1 Å². The van der Waals surface area contributed by atoms with E-state index in [1.165, 1.54) is 0 Å². The molecule has 0 spiro atoms. The van der Waals surface area contributed by atoms with E-state index in [-0.39, 0.29) is 5.41 Å². The molecular formula is C13H24N4OS. The standard InChI is InChI=1S/C13H24N4OS/c1-13(2,3)11-15-16-12(19-11)14-5-4-6-17-7-9-18-10-8-17/h4-10H2,1-3H3,(H,14,16). The van der Waals surface area contributed by atoms with E-state index in [1.54, 1.807) is 11.3 Å². The van der Waals surface area contributed by atoms with Gasteiger partial charge in [0.15, 0.2) is 0 Å². The third-order valence-corrected chi connectivity index (χ3v) is 4.40. The van der Waals surface area contributed by atoms with Gasteiger partial charge in [-0.25, -0.2) is 0 Å². The molecule has 0 aromatic carbocycles. The summed E-state index contributed by atoms with van der Waals surface area (Å²) in [6, 6.07) is 0. The van der Waals surface area contributed by atoms with Gasteiger partial charge in [-0.15, -0.1) is 10.2 Å². The van der Waals surface area contributed by atoms with Crippen LogP contribution in [-0.4, -0.2) is 54.5 Å². The Morgan fingerprint density at radius 2 is 2.00 bits per heavy atom. The molecule has 2 rings (SSSR count). The van der Waals surface area contributed by atoms with Crippen molar-refractivity contribution in [3.8, 4) is 0 Å². The predicted molar refractivity (Wildman–Crippen MR) is 79.0 cm³/mol. The third-order valence-electron chi connectivity index (χ3n) is 3.10. The molecule has 1 aromatic heterocycles. The summed E-state index contributed by atoms with van der Waals surface area (Å²) in [7, 11) is 0. The van der Waals surface area contributed by atoms with Gasteiger partial charge < -0.3 is 10.1 Å². The van der Waals surface area contributed by atoms with Crippen LogP contribution < -0.4 is 5.32 Å². The minimum absolute atomic E-state index is 0.0887. The minimum atomic E-state index is 0.0887. The number of ether oxygens (including phenoxy) is 1. The lowest BCUT2D eigenvalue weighted by Gasteiger charge is -2.26. The van der Waals surface area contributed by atoms with E-state index >= 15 is 0 Å². The van der Waals surface area contributed by atoms with Gasteiger partial charge in [-0.2, -0.15) is 0 Å². The number of nitrogens with one attached hydrogen (secondary N) is 1.